The molecule has 1 atom stereocenters. The number of rotatable bonds is 3. The quantitative estimate of drug-likeness (QED) is 0.672. The lowest BCUT2D eigenvalue weighted by Gasteiger charge is -2.31. The van der Waals surface area contributed by atoms with Crippen LogP contribution in [0.15, 0.2) is 42.5 Å². The van der Waals surface area contributed by atoms with Gasteiger partial charge >= 0.3 is 0 Å². The molecule has 0 fully saturated rings. The predicted octanol–water partition coefficient (Wildman–Crippen LogP) is 4.71. The van der Waals surface area contributed by atoms with Gasteiger partial charge in [0.15, 0.2) is 0 Å². The van der Waals surface area contributed by atoms with Crippen LogP contribution in [0.3, 0.4) is 0 Å². The van der Waals surface area contributed by atoms with E-state index in [0.717, 1.165) is 36.8 Å². The Morgan fingerprint density at radius 1 is 1.12 bits per heavy atom. The molecular weight excluding hydrogens is 311 g/mol. The monoisotopic (exact) mass is 336 g/mol. The number of aryl methyl sites for hydroxylation is 3. The summed E-state index contributed by atoms with van der Waals surface area (Å²) < 4.78 is 16.9. The number of halogens is 1. The van der Waals surface area contributed by atoms with Crippen molar-refractivity contribution in [2.24, 2.45) is 0 Å². The van der Waals surface area contributed by atoms with Crippen molar-refractivity contribution < 1.29 is 4.39 Å². The molecule has 1 unspecified atom stereocenters. The van der Waals surface area contributed by atoms with Crippen LogP contribution in [-0.4, -0.2) is 22.6 Å². The lowest BCUT2D eigenvalue weighted by molar-refractivity contribution is 0.228. The van der Waals surface area contributed by atoms with Crippen molar-refractivity contribution in [3.8, 4) is 0 Å². The minimum atomic E-state index is -0.105. The Bertz CT molecular complexity index is 908. The lowest BCUT2D eigenvalue weighted by atomic mass is 10.00. The van der Waals surface area contributed by atoms with E-state index in [2.05, 4.69) is 60.7 Å². The zero-order chi connectivity index (χ0) is 17.6. The second-order valence-electron chi connectivity index (χ2n) is 7.42. The van der Waals surface area contributed by atoms with Crippen LogP contribution in [0, 0.1) is 12.7 Å². The van der Waals surface area contributed by atoms with Crippen LogP contribution in [0.2, 0.25) is 0 Å². The maximum Gasteiger partial charge on any atom is 0.147 e. The average molecular weight is 336 g/mol. The smallest absolute Gasteiger partial charge is 0.147 e. The molecule has 0 aliphatic carbocycles. The molecule has 1 aliphatic heterocycles. The molecule has 0 N–H and O–H groups in total. The summed E-state index contributed by atoms with van der Waals surface area (Å²) >= 11 is 0. The minimum absolute atomic E-state index is 0.105. The van der Waals surface area contributed by atoms with Gasteiger partial charge in [-0.25, -0.2) is 4.39 Å². The molecule has 130 valence electrons. The van der Waals surface area contributed by atoms with Crippen molar-refractivity contribution in [1.82, 2.24) is 9.47 Å². The van der Waals surface area contributed by atoms with Crippen LogP contribution >= 0.6 is 0 Å². The summed E-state index contributed by atoms with van der Waals surface area (Å²) in [6.45, 7) is 6.08. The third-order valence-electron chi connectivity index (χ3n) is 5.65. The molecule has 0 radical (unpaired) electrons. The molecule has 25 heavy (non-hydrogen) atoms. The first-order chi connectivity index (χ1) is 12.0. The number of hydrogen-bond donors (Lipinski definition) is 0. The highest BCUT2D eigenvalue weighted by Gasteiger charge is 2.27. The lowest BCUT2D eigenvalue weighted by Crippen LogP contribution is -2.35. The summed E-state index contributed by atoms with van der Waals surface area (Å²) in [6.07, 6.45) is 1.91. The minimum Gasteiger partial charge on any atom is -0.342 e. The molecule has 2 aromatic carbocycles. The van der Waals surface area contributed by atoms with E-state index in [1.54, 1.807) is 6.07 Å². The summed E-state index contributed by atoms with van der Waals surface area (Å²) in [5.41, 5.74) is 5.98. The van der Waals surface area contributed by atoms with Crippen LogP contribution in [0.25, 0.3) is 10.9 Å². The van der Waals surface area contributed by atoms with E-state index in [4.69, 9.17) is 0 Å². The Balaban J connectivity index is 1.77. The number of nitrogens with zero attached hydrogens (tertiary/aromatic N) is 2. The molecule has 0 saturated heterocycles. The van der Waals surface area contributed by atoms with E-state index in [1.807, 2.05) is 6.07 Å². The van der Waals surface area contributed by atoms with E-state index in [0.29, 0.717) is 6.04 Å². The third kappa shape index (κ3) is 2.87. The number of likely N-dealkylation sites (N-methyl/N-ethyl adjacent to an activating group) is 1. The molecule has 0 spiro atoms. The van der Waals surface area contributed by atoms with E-state index < -0.39 is 0 Å². The molecule has 0 amide bonds. The maximum atomic E-state index is 14.7. The van der Waals surface area contributed by atoms with E-state index in [9.17, 15) is 4.39 Å². The largest absolute Gasteiger partial charge is 0.342 e. The van der Waals surface area contributed by atoms with E-state index in [1.165, 1.54) is 22.4 Å². The van der Waals surface area contributed by atoms with Crippen molar-refractivity contribution in [3.63, 3.8) is 0 Å². The fourth-order valence-corrected chi connectivity index (χ4v) is 3.98. The van der Waals surface area contributed by atoms with Crippen molar-refractivity contribution in [1.29, 1.82) is 0 Å². The van der Waals surface area contributed by atoms with Crippen molar-refractivity contribution in [2.45, 2.75) is 45.8 Å². The molecule has 3 heteroatoms. The first-order valence-corrected chi connectivity index (χ1v) is 9.09. The SMILES string of the molecule is Cc1ccc(CCn2c3c(c4cccc(F)c42)CN(C)C(C)C3)cc1. The summed E-state index contributed by atoms with van der Waals surface area (Å²) in [5, 5.41) is 1.08. The van der Waals surface area contributed by atoms with Gasteiger partial charge in [0.2, 0.25) is 0 Å². The van der Waals surface area contributed by atoms with Crippen molar-refractivity contribution in [2.75, 3.05) is 7.05 Å². The number of hydrogen-bond acceptors (Lipinski definition) is 1. The highest BCUT2D eigenvalue weighted by atomic mass is 19.1. The average Bonchev–Trinajstić information content (AvgIpc) is 2.89. The van der Waals surface area contributed by atoms with Gasteiger partial charge in [-0.3, -0.25) is 4.90 Å². The summed E-state index contributed by atoms with van der Waals surface area (Å²) in [5.74, 6) is -0.105. The molecule has 1 aromatic heterocycles. The summed E-state index contributed by atoms with van der Waals surface area (Å²) in [6, 6.07) is 14.6. The molecular formula is C22H25FN2. The third-order valence-corrected chi connectivity index (χ3v) is 5.65. The van der Waals surface area contributed by atoms with Gasteiger partial charge in [0, 0.05) is 36.6 Å². The molecule has 0 saturated carbocycles. The highest BCUT2D eigenvalue weighted by Crippen LogP contribution is 2.34. The topological polar surface area (TPSA) is 8.17 Å². The molecule has 3 aromatic rings. The Morgan fingerprint density at radius 3 is 2.64 bits per heavy atom. The van der Waals surface area contributed by atoms with Crippen LogP contribution in [0.1, 0.15) is 29.3 Å². The fraction of sp³-hybridized carbons (Fsp3) is 0.364. The van der Waals surface area contributed by atoms with E-state index >= 15 is 0 Å². The molecule has 4 rings (SSSR count). The van der Waals surface area contributed by atoms with Gasteiger partial charge in [-0.15, -0.1) is 0 Å². The van der Waals surface area contributed by atoms with Gasteiger partial charge in [-0.1, -0.05) is 42.0 Å². The zero-order valence-corrected chi connectivity index (χ0v) is 15.2. The maximum absolute atomic E-state index is 14.7. The summed E-state index contributed by atoms with van der Waals surface area (Å²) in [7, 11) is 2.16. The highest BCUT2D eigenvalue weighted by molar-refractivity contribution is 5.86. The Labute approximate surface area is 148 Å². The number of fused-ring (bicyclic) bond motifs is 3. The van der Waals surface area contributed by atoms with Gasteiger partial charge in [0.25, 0.3) is 0 Å². The normalized spacial score (nSPS) is 17.8. The predicted molar refractivity (Wildman–Crippen MR) is 101 cm³/mol. The first kappa shape index (κ1) is 16.3. The van der Waals surface area contributed by atoms with E-state index in [-0.39, 0.29) is 5.82 Å². The number of aromatic nitrogens is 1. The van der Waals surface area contributed by atoms with Crippen molar-refractivity contribution >= 4 is 10.9 Å². The number of para-hydroxylation sites is 1. The molecule has 2 nitrogen and oxygen atoms in total. The Hall–Kier alpha value is -2.13. The van der Waals surface area contributed by atoms with Gasteiger partial charge < -0.3 is 4.57 Å². The Morgan fingerprint density at radius 2 is 1.88 bits per heavy atom. The van der Waals surface area contributed by atoms with Gasteiger partial charge in [0.05, 0.1) is 5.52 Å². The second-order valence-corrected chi connectivity index (χ2v) is 7.42. The standard InChI is InChI=1S/C22H25FN2/c1-15-7-9-17(10-8-15)11-12-25-21-13-16(2)24(3)14-19(21)18-5-4-6-20(23)22(18)25/h4-10,16H,11-14H2,1-3H3. The first-order valence-electron chi connectivity index (χ1n) is 9.09. The second kappa shape index (κ2) is 6.30. The zero-order valence-electron chi connectivity index (χ0n) is 15.2. The molecule has 0 bridgehead atoms. The van der Waals surface area contributed by atoms with Crippen molar-refractivity contribution in [3.05, 3.63) is 70.7 Å². The van der Waals surface area contributed by atoms with Gasteiger partial charge in [-0.2, -0.15) is 0 Å². The van der Waals surface area contributed by atoms with Gasteiger partial charge in [-0.05, 0) is 44.5 Å². The van der Waals surface area contributed by atoms with Gasteiger partial charge in [0.1, 0.15) is 5.82 Å². The van der Waals surface area contributed by atoms with Crippen LogP contribution in [-0.2, 0) is 25.9 Å². The van der Waals surface area contributed by atoms with Crippen LogP contribution in [0.4, 0.5) is 4.39 Å². The fourth-order valence-electron chi connectivity index (χ4n) is 3.98. The number of benzene rings is 2. The van der Waals surface area contributed by atoms with Crippen LogP contribution in [0.5, 0.6) is 0 Å². The molecule has 1 aliphatic rings. The molecule has 2 heterocycles. The summed E-state index contributed by atoms with van der Waals surface area (Å²) in [4.78, 5) is 2.36. The Kier molecular flexibility index (Phi) is 4.12. The van der Waals surface area contributed by atoms with Crippen LogP contribution < -0.4 is 0 Å².